The molecule has 0 saturated heterocycles. The number of hydrogen-bond acceptors (Lipinski definition) is 15. The molecule has 0 bridgehead atoms. The van der Waals surface area contributed by atoms with Crippen molar-refractivity contribution in [2.45, 2.75) is 420 Å². The highest BCUT2D eigenvalue weighted by molar-refractivity contribution is 7.47. The van der Waals surface area contributed by atoms with Crippen LogP contribution >= 0.6 is 15.6 Å². The third kappa shape index (κ3) is 71.1. The van der Waals surface area contributed by atoms with Gasteiger partial charge in [-0.2, -0.15) is 0 Å². The molecule has 0 aliphatic carbocycles. The van der Waals surface area contributed by atoms with E-state index in [1.807, 2.05) is 0 Å². The number of aliphatic hydroxyl groups is 1. The Kier molecular flexibility index (Phi) is 66.8. The fraction of sp³-hybridized carbons (Fsp3) is 0.949. The smallest absolute Gasteiger partial charge is 0.462 e. The predicted molar refractivity (Wildman–Crippen MR) is 400 cm³/mol. The number of hydrogen-bond donors (Lipinski definition) is 3. The minimum Gasteiger partial charge on any atom is -0.462 e. The molecule has 0 spiro atoms. The molecule has 0 fully saturated rings. The summed E-state index contributed by atoms with van der Waals surface area (Å²) in [6, 6.07) is 0. The van der Waals surface area contributed by atoms with Crippen molar-refractivity contribution in [2.75, 3.05) is 39.6 Å². The minimum atomic E-state index is -4.96. The molecule has 0 rings (SSSR count). The largest absolute Gasteiger partial charge is 0.472 e. The van der Waals surface area contributed by atoms with Crippen LogP contribution in [0.4, 0.5) is 0 Å². The van der Waals surface area contributed by atoms with E-state index in [0.29, 0.717) is 31.6 Å². The average molecular weight is 1440 g/mol. The number of phosphoric acid groups is 2. The van der Waals surface area contributed by atoms with Crippen LogP contribution in [-0.2, 0) is 65.4 Å². The third-order valence-electron chi connectivity index (χ3n) is 18.7. The number of unbranched alkanes of at least 4 members (excludes halogenated alkanes) is 41. The number of ether oxygens (including phenoxy) is 4. The van der Waals surface area contributed by atoms with Crippen molar-refractivity contribution in [1.82, 2.24) is 0 Å². The topological polar surface area (TPSA) is 237 Å². The van der Waals surface area contributed by atoms with Crippen LogP contribution in [0.25, 0.3) is 0 Å². The fourth-order valence-corrected chi connectivity index (χ4v) is 13.6. The molecule has 0 aromatic carbocycles. The Morgan fingerprint density at radius 1 is 0.286 bits per heavy atom. The van der Waals surface area contributed by atoms with Gasteiger partial charge in [0, 0.05) is 25.7 Å². The lowest BCUT2D eigenvalue weighted by atomic mass is 10.00. The van der Waals surface area contributed by atoms with Gasteiger partial charge in [0.25, 0.3) is 0 Å². The molecule has 0 aromatic rings. The molecule has 17 nitrogen and oxygen atoms in total. The van der Waals surface area contributed by atoms with E-state index in [4.69, 9.17) is 37.0 Å². The monoisotopic (exact) mass is 1440 g/mol. The Hall–Kier alpha value is -1.94. The van der Waals surface area contributed by atoms with Crippen LogP contribution in [0.5, 0.6) is 0 Å². The van der Waals surface area contributed by atoms with Crippen molar-refractivity contribution in [3.8, 4) is 0 Å². The van der Waals surface area contributed by atoms with E-state index in [1.165, 1.54) is 199 Å². The first-order chi connectivity index (χ1) is 47.1. The summed E-state index contributed by atoms with van der Waals surface area (Å²) in [6.45, 7) is 14.2. The van der Waals surface area contributed by atoms with Gasteiger partial charge in [0.1, 0.15) is 19.3 Å². The van der Waals surface area contributed by atoms with Gasteiger partial charge in [-0.1, -0.05) is 351 Å². The molecule has 0 aromatic heterocycles. The molecule has 0 aliphatic rings. The van der Waals surface area contributed by atoms with Gasteiger partial charge in [0.05, 0.1) is 26.4 Å². The van der Waals surface area contributed by atoms with Crippen LogP contribution in [0.2, 0.25) is 0 Å². The maximum atomic E-state index is 13.1. The summed E-state index contributed by atoms with van der Waals surface area (Å²) in [6.07, 6.45) is 54.5. The molecule has 0 amide bonds. The zero-order valence-electron chi connectivity index (χ0n) is 64.4. The maximum Gasteiger partial charge on any atom is 0.472 e. The van der Waals surface area contributed by atoms with Crippen LogP contribution in [0, 0.1) is 23.7 Å². The molecule has 6 atom stereocenters. The van der Waals surface area contributed by atoms with E-state index in [-0.39, 0.29) is 25.7 Å². The average Bonchev–Trinajstić information content (AvgIpc) is 1.05. The van der Waals surface area contributed by atoms with E-state index in [2.05, 4.69) is 55.4 Å². The number of esters is 4. The van der Waals surface area contributed by atoms with Gasteiger partial charge in [-0.3, -0.25) is 37.3 Å². The predicted octanol–water partition coefficient (Wildman–Crippen LogP) is 23.2. The first-order valence-corrected chi connectivity index (χ1v) is 43.7. The van der Waals surface area contributed by atoms with E-state index in [1.54, 1.807) is 0 Å². The van der Waals surface area contributed by atoms with Crippen LogP contribution in [-0.4, -0.2) is 96.7 Å². The van der Waals surface area contributed by atoms with Gasteiger partial charge in [-0.25, -0.2) is 9.13 Å². The summed E-state index contributed by atoms with van der Waals surface area (Å²) in [4.78, 5) is 72.8. The molecule has 0 heterocycles. The summed E-state index contributed by atoms with van der Waals surface area (Å²) in [5.74, 6) is 0.902. The van der Waals surface area contributed by atoms with E-state index in [9.17, 15) is 43.2 Å². The first kappa shape index (κ1) is 96.1. The molecule has 0 radical (unpaired) electrons. The Bertz CT molecular complexity index is 1920. The summed E-state index contributed by atoms with van der Waals surface area (Å²) in [5, 5.41) is 10.6. The summed E-state index contributed by atoms with van der Waals surface area (Å²) in [5.41, 5.74) is 0. The van der Waals surface area contributed by atoms with Crippen molar-refractivity contribution in [1.29, 1.82) is 0 Å². The lowest BCUT2D eigenvalue weighted by molar-refractivity contribution is -0.161. The number of aliphatic hydroxyl groups excluding tert-OH is 1. The second-order valence-electron chi connectivity index (χ2n) is 30.1. The minimum absolute atomic E-state index is 0.102. The van der Waals surface area contributed by atoms with Crippen molar-refractivity contribution >= 4 is 39.5 Å². The third-order valence-corrected chi connectivity index (χ3v) is 20.6. The van der Waals surface area contributed by atoms with Crippen molar-refractivity contribution in [3.05, 3.63) is 0 Å². The van der Waals surface area contributed by atoms with Crippen molar-refractivity contribution in [3.63, 3.8) is 0 Å². The SMILES string of the molecule is CCC(C)CCCCCCCCC(=O)OC[C@H](COP(=O)(O)OC[C@H](O)COP(=O)(O)OC[C@@H](COC(=O)CCCCCCCCCCCCCCCCCCCCC(C)C)OC(=O)CCCCCCCCC(C)C)OC(=O)CCCCCCCCCCCCCCCCCC(C)C. The second kappa shape index (κ2) is 68.2. The molecule has 582 valence electrons. The number of phosphoric ester groups is 2. The molecule has 3 unspecified atom stereocenters. The summed E-state index contributed by atoms with van der Waals surface area (Å²) < 4.78 is 68.5. The lowest BCUT2D eigenvalue weighted by Gasteiger charge is -2.21. The Morgan fingerprint density at radius 2 is 0.490 bits per heavy atom. The van der Waals surface area contributed by atoms with Gasteiger partial charge in [-0.05, 0) is 49.4 Å². The number of rotatable bonds is 76. The van der Waals surface area contributed by atoms with Gasteiger partial charge >= 0.3 is 39.5 Å². The number of carbonyl (C=O) groups is 4. The lowest BCUT2D eigenvalue weighted by Crippen LogP contribution is -2.30. The van der Waals surface area contributed by atoms with Gasteiger partial charge < -0.3 is 33.8 Å². The molecule has 3 N–H and O–H groups in total. The highest BCUT2D eigenvalue weighted by Crippen LogP contribution is 2.45. The second-order valence-corrected chi connectivity index (χ2v) is 33.0. The van der Waals surface area contributed by atoms with Crippen LogP contribution < -0.4 is 0 Å². The Morgan fingerprint density at radius 3 is 0.724 bits per heavy atom. The van der Waals surface area contributed by atoms with E-state index in [0.717, 1.165) is 114 Å². The van der Waals surface area contributed by atoms with Crippen molar-refractivity contribution in [2.24, 2.45) is 23.7 Å². The van der Waals surface area contributed by atoms with Crippen molar-refractivity contribution < 1.29 is 80.2 Å². The van der Waals surface area contributed by atoms with Gasteiger partial charge in [-0.15, -0.1) is 0 Å². The van der Waals surface area contributed by atoms with Crippen LogP contribution in [0.1, 0.15) is 402 Å². The normalized spacial score (nSPS) is 14.3. The van der Waals surface area contributed by atoms with Gasteiger partial charge in [0.15, 0.2) is 12.2 Å². The van der Waals surface area contributed by atoms with Gasteiger partial charge in [0.2, 0.25) is 0 Å². The molecule has 0 aliphatic heterocycles. The Labute approximate surface area is 600 Å². The quantitative estimate of drug-likeness (QED) is 0.0222. The maximum absolute atomic E-state index is 13.1. The standard InChI is InChI=1S/C79H154O17P2/c1-9-72(8)58-50-42-36-38-44-52-60-77(82)90-66-74(95-78(83)61-53-45-34-30-26-22-18-14-16-20-24-28-32-40-48-56-70(4)5)67-93-97(85,86)91-63-73(80)64-92-98(87,88)94-68-75(96-79(84)62-54-46-37-35-41-49-57-71(6)7)65-89-76(81)59-51-43-33-29-25-21-17-13-11-10-12-15-19-23-27-31-39-47-55-69(2)3/h69-75,80H,9-68H2,1-8H3,(H,85,86)(H,87,88)/t72?,73-,74+,75+/m0/s1. The first-order valence-electron chi connectivity index (χ1n) is 40.7. The molecule has 19 heteroatoms. The zero-order valence-corrected chi connectivity index (χ0v) is 66.2. The molecule has 98 heavy (non-hydrogen) atoms. The summed E-state index contributed by atoms with van der Waals surface area (Å²) in [7, 11) is -9.91. The zero-order chi connectivity index (χ0) is 72.4. The molecular weight excluding hydrogens is 1280 g/mol. The van der Waals surface area contributed by atoms with E-state index < -0.39 is 97.5 Å². The van der Waals surface area contributed by atoms with Crippen LogP contribution in [0.15, 0.2) is 0 Å². The number of carbonyl (C=O) groups excluding carboxylic acids is 4. The highest BCUT2D eigenvalue weighted by Gasteiger charge is 2.30. The summed E-state index contributed by atoms with van der Waals surface area (Å²) >= 11 is 0. The Balaban J connectivity index is 5.12. The van der Waals surface area contributed by atoms with E-state index >= 15 is 0 Å². The molecule has 0 saturated carbocycles. The molecular formula is C79H154O17P2. The highest BCUT2D eigenvalue weighted by atomic mass is 31.2. The fourth-order valence-electron chi connectivity index (χ4n) is 12.0. The van der Waals surface area contributed by atoms with Crippen LogP contribution in [0.3, 0.4) is 0 Å².